The molecule has 1 fully saturated rings. The third-order valence-electron chi connectivity index (χ3n) is 4.44. The Hall–Kier alpha value is -0.830. The maximum absolute atomic E-state index is 4.51. The van der Waals surface area contributed by atoms with Crippen molar-refractivity contribution in [2.24, 2.45) is 11.8 Å². The van der Waals surface area contributed by atoms with Crippen LogP contribution in [0.5, 0.6) is 0 Å². The molecule has 108 valence electrons. The summed E-state index contributed by atoms with van der Waals surface area (Å²) in [6, 6.07) is 0.503. The predicted molar refractivity (Wildman–Crippen MR) is 80.1 cm³/mol. The van der Waals surface area contributed by atoms with Crippen LogP contribution < -0.4 is 5.32 Å². The highest BCUT2D eigenvalue weighted by Crippen LogP contribution is 2.39. The van der Waals surface area contributed by atoms with Gasteiger partial charge in [0.25, 0.3) is 0 Å². The third-order valence-corrected chi connectivity index (χ3v) is 4.44. The van der Waals surface area contributed by atoms with Gasteiger partial charge in [-0.1, -0.05) is 33.6 Å². The monoisotopic (exact) mass is 263 g/mol. The summed E-state index contributed by atoms with van der Waals surface area (Å²) in [7, 11) is 0. The maximum atomic E-state index is 4.51. The minimum Gasteiger partial charge on any atom is -0.310 e. The molecule has 1 heterocycles. The molecule has 3 nitrogen and oxygen atoms in total. The molecule has 19 heavy (non-hydrogen) atoms. The molecule has 1 aromatic heterocycles. The molecule has 1 aromatic rings. The van der Waals surface area contributed by atoms with Crippen molar-refractivity contribution >= 4 is 0 Å². The Balaban J connectivity index is 2.10. The molecular weight excluding hydrogens is 234 g/mol. The summed E-state index contributed by atoms with van der Waals surface area (Å²) in [6.45, 7) is 8.98. The minimum absolute atomic E-state index is 0.503. The lowest BCUT2D eigenvalue weighted by atomic mass is 9.87. The van der Waals surface area contributed by atoms with Gasteiger partial charge in [0.2, 0.25) is 0 Å². The summed E-state index contributed by atoms with van der Waals surface area (Å²) in [5, 5.41) is 8.27. The van der Waals surface area contributed by atoms with Gasteiger partial charge in [-0.25, -0.2) is 0 Å². The Kier molecular flexibility index (Phi) is 5.44. The van der Waals surface area contributed by atoms with Crippen LogP contribution >= 0.6 is 0 Å². The van der Waals surface area contributed by atoms with Gasteiger partial charge in [-0.05, 0) is 37.6 Å². The molecule has 3 atom stereocenters. The Morgan fingerprint density at radius 1 is 1.37 bits per heavy atom. The second-order valence-corrected chi connectivity index (χ2v) is 6.04. The van der Waals surface area contributed by atoms with Gasteiger partial charge < -0.3 is 5.32 Å². The largest absolute Gasteiger partial charge is 0.310 e. The van der Waals surface area contributed by atoms with Gasteiger partial charge in [0, 0.05) is 24.3 Å². The van der Waals surface area contributed by atoms with E-state index in [0.717, 1.165) is 31.3 Å². The van der Waals surface area contributed by atoms with E-state index >= 15 is 0 Å². The van der Waals surface area contributed by atoms with E-state index in [4.69, 9.17) is 0 Å². The van der Waals surface area contributed by atoms with Crippen molar-refractivity contribution in [3.8, 4) is 0 Å². The van der Waals surface area contributed by atoms with Gasteiger partial charge in [-0.15, -0.1) is 0 Å². The fourth-order valence-corrected chi connectivity index (χ4v) is 3.38. The molecule has 0 spiro atoms. The molecule has 3 heteroatoms. The van der Waals surface area contributed by atoms with Crippen molar-refractivity contribution in [2.45, 2.75) is 65.5 Å². The molecule has 0 radical (unpaired) electrons. The van der Waals surface area contributed by atoms with E-state index in [0.29, 0.717) is 6.04 Å². The Bertz CT molecular complexity index is 372. The predicted octanol–water partition coefficient (Wildman–Crippen LogP) is 3.77. The normalized spacial score (nSPS) is 24.8. The highest BCUT2D eigenvalue weighted by Gasteiger charge is 2.32. The second-order valence-electron chi connectivity index (χ2n) is 6.04. The lowest BCUT2D eigenvalue weighted by Gasteiger charge is -2.27. The van der Waals surface area contributed by atoms with Crippen LogP contribution in [0, 0.1) is 11.8 Å². The number of aryl methyl sites for hydroxylation is 1. The van der Waals surface area contributed by atoms with E-state index in [1.165, 1.54) is 31.2 Å². The molecular formula is C16H29N3. The van der Waals surface area contributed by atoms with E-state index < -0.39 is 0 Å². The lowest BCUT2D eigenvalue weighted by Crippen LogP contribution is -2.30. The Morgan fingerprint density at radius 3 is 2.84 bits per heavy atom. The zero-order valence-electron chi connectivity index (χ0n) is 12.7. The Labute approximate surface area is 117 Å². The van der Waals surface area contributed by atoms with Crippen LogP contribution in [0.2, 0.25) is 0 Å². The molecule has 1 aliphatic carbocycles. The highest BCUT2D eigenvalue weighted by molar-refractivity contribution is 5.13. The van der Waals surface area contributed by atoms with E-state index in [-0.39, 0.29) is 0 Å². The number of nitrogens with zero attached hydrogens (tertiary/aromatic N) is 2. The molecule has 2 rings (SSSR count). The van der Waals surface area contributed by atoms with Gasteiger partial charge >= 0.3 is 0 Å². The van der Waals surface area contributed by atoms with Crippen LogP contribution in [0.15, 0.2) is 12.4 Å². The maximum Gasteiger partial charge on any atom is 0.0537 e. The van der Waals surface area contributed by atoms with Crippen LogP contribution in [0.25, 0.3) is 0 Å². The molecule has 0 saturated heterocycles. The zero-order valence-corrected chi connectivity index (χ0v) is 12.7. The van der Waals surface area contributed by atoms with Crippen molar-refractivity contribution in [1.29, 1.82) is 0 Å². The van der Waals surface area contributed by atoms with E-state index in [1.54, 1.807) is 0 Å². The number of hydrogen-bond donors (Lipinski definition) is 1. The first kappa shape index (κ1) is 14.6. The average Bonchev–Trinajstić information content (AvgIpc) is 3.01. The summed E-state index contributed by atoms with van der Waals surface area (Å²) < 4.78 is 2.09. The molecule has 1 saturated carbocycles. The van der Waals surface area contributed by atoms with Crippen molar-refractivity contribution in [3.05, 3.63) is 18.0 Å². The molecule has 1 N–H and O–H groups in total. The van der Waals surface area contributed by atoms with Crippen LogP contribution in [-0.2, 0) is 6.54 Å². The lowest BCUT2D eigenvalue weighted by molar-refractivity contribution is 0.302. The molecule has 0 bridgehead atoms. The van der Waals surface area contributed by atoms with E-state index in [1.807, 2.05) is 0 Å². The van der Waals surface area contributed by atoms with E-state index in [2.05, 4.69) is 48.3 Å². The zero-order chi connectivity index (χ0) is 13.7. The second kappa shape index (κ2) is 7.09. The number of nitrogens with one attached hydrogen (secondary N) is 1. The summed E-state index contributed by atoms with van der Waals surface area (Å²) in [5.74, 6) is 1.62. The number of rotatable bonds is 7. The standard InChI is InChI=1S/C16H29N3/c1-4-9-17-16(15-8-6-7-13(15)3)14-11-18-19(12-14)10-5-2/h11-13,15-17H,4-10H2,1-3H3. The first-order chi connectivity index (χ1) is 9.26. The number of aromatic nitrogens is 2. The smallest absolute Gasteiger partial charge is 0.0537 e. The minimum atomic E-state index is 0.503. The summed E-state index contributed by atoms with van der Waals surface area (Å²) >= 11 is 0. The van der Waals surface area contributed by atoms with Gasteiger partial charge in [-0.3, -0.25) is 4.68 Å². The van der Waals surface area contributed by atoms with Crippen molar-refractivity contribution in [1.82, 2.24) is 15.1 Å². The first-order valence-corrected chi connectivity index (χ1v) is 8.02. The van der Waals surface area contributed by atoms with Crippen molar-refractivity contribution in [2.75, 3.05) is 6.54 Å². The fraction of sp³-hybridized carbons (Fsp3) is 0.812. The third kappa shape index (κ3) is 3.59. The fourth-order valence-electron chi connectivity index (χ4n) is 3.38. The van der Waals surface area contributed by atoms with Gasteiger partial charge in [-0.2, -0.15) is 5.10 Å². The van der Waals surface area contributed by atoms with E-state index in [9.17, 15) is 0 Å². The van der Waals surface area contributed by atoms with Crippen LogP contribution in [0.3, 0.4) is 0 Å². The summed E-state index contributed by atoms with van der Waals surface area (Å²) in [4.78, 5) is 0. The van der Waals surface area contributed by atoms with Gasteiger partial charge in [0.05, 0.1) is 6.20 Å². The highest BCUT2D eigenvalue weighted by atomic mass is 15.3. The molecule has 0 aliphatic heterocycles. The van der Waals surface area contributed by atoms with Crippen LogP contribution in [0.4, 0.5) is 0 Å². The molecule has 1 aliphatic rings. The topological polar surface area (TPSA) is 29.9 Å². The summed E-state index contributed by atoms with van der Waals surface area (Å²) in [6.07, 6.45) is 10.8. The van der Waals surface area contributed by atoms with Gasteiger partial charge in [0.1, 0.15) is 0 Å². The van der Waals surface area contributed by atoms with Crippen molar-refractivity contribution < 1.29 is 0 Å². The average molecular weight is 263 g/mol. The Morgan fingerprint density at radius 2 is 2.21 bits per heavy atom. The van der Waals surface area contributed by atoms with Crippen LogP contribution in [0.1, 0.15) is 64.5 Å². The number of hydrogen-bond acceptors (Lipinski definition) is 2. The quantitative estimate of drug-likeness (QED) is 0.811. The molecule has 0 amide bonds. The SMILES string of the molecule is CCCNC(c1cnn(CCC)c1)C1CCCC1C. The molecule has 0 aromatic carbocycles. The first-order valence-electron chi connectivity index (χ1n) is 8.02. The van der Waals surface area contributed by atoms with Crippen molar-refractivity contribution in [3.63, 3.8) is 0 Å². The molecule has 3 unspecified atom stereocenters. The summed E-state index contributed by atoms with van der Waals surface area (Å²) in [5.41, 5.74) is 1.39. The van der Waals surface area contributed by atoms with Crippen LogP contribution in [-0.4, -0.2) is 16.3 Å². The van der Waals surface area contributed by atoms with Gasteiger partial charge in [0.15, 0.2) is 0 Å².